The van der Waals surface area contributed by atoms with E-state index in [0.29, 0.717) is 21.6 Å². The van der Waals surface area contributed by atoms with Gasteiger partial charge in [-0.25, -0.2) is 4.99 Å². The SMILES string of the molecule is COc1ccc(/C=C2\SC(=Nc3ccccc3)N([C@H]3CCCC[C@H]3C)C2=O)cc1[N+](=O)[O-]. The second-order valence-electron chi connectivity index (χ2n) is 8.03. The van der Waals surface area contributed by atoms with Gasteiger partial charge < -0.3 is 4.74 Å². The van der Waals surface area contributed by atoms with Crippen LogP contribution in [0.2, 0.25) is 0 Å². The summed E-state index contributed by atoms with van der Waals surface area (Å²) in [6, 6.07) is 14.4. The third kappa shape index (κ3) is 4.55. The van der Waals surface area contributed by atoms with Crippen LogP contribution in [-0.2, 0) is 4.79 Å². The van der Waals surface area contributed by atoms with Crippen molar-refractivity contribution in [3.8, 4) is 5.75 Å². The molecule has 4 rings (SSSR count). The number of hydrogen-bond acceptors (Lipinski definition) is 6. The number of hydrogen-bond donors (Lipinski definition) is 0. The molecule has 2 aromatic carbocycles. The van der Waals surface area contributed by atoms with E-state index in [1.165, 1.54) is 31.4 Å². The van der Waals surface area contributed by atoms with Gasteiger partial charge in [0.1, 0.15) is 0 Å². The Morgan fingerprint density at radius 3 is 2.62 bits per heavy atom. The molecule has 0 radical (unpaired) electrons. The minimum atomic E-state index is -0.483. The molecule has 0 N–H and O–H groups in total. The molecule has 1 saturated carbocycles. The second-order valence-corrected chi connectivity index (χ2v) is 9.04. The van der Waals surface area contributed by atoms with Gasteiger partial charge in [0.05, 0.1) is 22.6 Å². The smallest absolute Gasteiger partial charge is 0.311 e. The van der Waals surface area contributed by atoms with Crippen LogP contribution in [0.15, 0.2) is 58.4 Å². The molecule has 0 spiro atoms. The van der Waals surface area contributed by atoms with E-state index in [2.05, 4.69) is 6.92 Å². The molecule has 1 saturated heterocycles. The Morgan fingerprint density at radius 2 is 1.94 bits per heavy atom. The number of amides is 1. The molecule has 0 unspecified atom stereocenters. The van der Waals surface area contributed by atoms with Gasteiger partial charge in [-0.2, -0.15) is 0 Å². The number of nitrogens with zero attached hydrogens (tertiary/aromatic N) is 3. The predicted molar refractivity (Wildman–Crippen MR) is 127 cm³/mol. The van der Waals surface area contributed by atoms with Gasteiger partial charge in [-0.15, -0.1) is 0 Å². The van der Waals surface area contributed by atoms with E-state index >= 15 is 0 Å². The molecule has 2 fully saturated rings. The Morgan fingerprint density at radius 1 is 1.19 bits per heavy atom. The van der Waals surface area contributed by atoms with Gasteiger partial charge in [0.2, 0.25) is 0 Å². The number of amidine groups is 1. The van der Waals surface area contributed by atoms with E-state index in [1.807, 2.05) is 35.2 Å². The Balaban J connectivity index is 1.73. The van der Waals surface area contributed by atoms with Crippen molar-refractivity contribution in [1.29, 1.82) is 0 Å². The molecule has 2 aromatic rings. The molecule has 166 valence electrons. The van der Waals surface area contributed by atoms with Crippen LogP contribution in [0.3, 0.4) is 0 Å². The number of nitro benzene ring substituents is 1. The van der Waals surface area contributed by atoms with Crippen LogP contribution in [0.25, 0.3) is 6.08 Å². The number of thioether (sulfide) groups is 1. The molecule has 32 heavy (non-hydrogen) atoms. The lowest BCUT2D eigenvalue weighted by molar-refractivity contribution is -0.385. The minimum Gasteiger partial charge on any atom is -0.490 e. The normalized spacial score (nSPS) is 23.7. The Bertz CT molecular complexity index is 1080. The van der Waals surface area contributed by atoms with Gasteiger partial charge >= 0.3 is 5.69 Å². The average molecular weight is 452 g/mol. The maximum Gasteiger partial charge on any atom is 0.311 e. The quantitative estimate of drug-likeness (QED) is 0.326. The number of nitro groups is 1. The number of carbonyl (C=O) groups excluding carboxylic acids is 1. The van der Waals surface area contributed by atoms with Crippen molar-refractivity contribution < 1.29 is 14.5 Å². The number of methoxy groups -OCH3 is 1. The predicted octanol–water partition coefficient (Wildman–Crippen LogP) is 5.79. The van der Waals surface area contributed by atoms with Gasteiger partial charge in [-0.1, -0.05) is 44.0 Å². The zero-order chi connectivity index (χ0) is 22.7. The Labute approximate surface area is 191 Å². The monoisotopic (exact) mass is 451 g/mol. The van der Waals surface area contributed by atoms with E-state index in [1.54, 1.807) is 18.2 Å². The van der Waals surface area contributed by atoms with Crippen molar-refractivity contribution in [3.05, 3.63) is 69.1 Å². The number of carbonyl (C=O) groups is 1. The second kappa shape index (κ2) is 9.56. The number of aliphatic imine (C=N–C) groups is 1. The van der Waals surface area contributed by atoms with E-state index in [9.17, 15) is 14.9 Å². The summed E-state index contributed by atoms with van der Waals surface area (Å²) in [6.07, 6.45) is 6.00. The van der Waals surface area contributed by atoms with Crippen LogP contribution in [0.5, 0.6) is 5.75 Å². The molecule has 0 aromatic heterocycles. The van der Waals surface area contributed by atoms with Crippen molar-refractivity contribution in [2.75, 3.05) is 7.11 Å². The fourth-order valence-corrected chi connectivity index (χ4v) is 5.29. The maximum absolute atomic E-state index is 13.5. The zero-order valence-electron chi connectivity index (χ0n) is 18.1. The lowest BCUT2D eigenvalue weighted by Gasteiger charge is -2.35. The zero-order valence-corrected chi connectivity index (χ0v) is 18.9. The van der Waals surface area contributed by atoms with Gasteiger partial charge in [0.15, 0.2) is 10.9 Å². The molecule has 2 atom stereocenters. The molecule has 1 amide bonds. The highest BCUT2D eigenvalue weighted by molar-refractivity contribution is 8.18. The number of para-hydroxylation sites is 1. The summed E-state index contributed by atoms with van der Waals surface area (Å²) in [7, 11) is 1.40. The van der Waals surface area contributed by atoms with Crippen molar-refractivity contribution >= 4 is 40.3 Å². The van der Waals surface area contributed by atoms with Crippen molar-refractivity contribution in [2.24, 2.45) is 10.9 Å². The molecule has 8 heteroatoms. The first-order valence-electron chi connectivity index (χ1n) is 10.7. The first-order valence-corrected chi connectivity index (χ1v) is 11.5. The molecule has 2 aliphatic rings. The third-order valence-electron chi connectivity index (χ3n) is 5.91. The summed E-state index contributed by atoms with van der Waals surface area (Å²) in [6.45, 7) is 2.19. The van der Waals surface area contributed by atoms with Crippen molar-refractivity contribution in [3.63, 3.8) is 0 Å². The summed E-state index contributed by atoms with van der Waals surface area (Å²) in [5.41, 5.74) is 1.23. The maximum atomic E-state index is 13.5. The fraction of sp³-hybridized carbons (Fsp3) is 0.333. The highest BCUT2D eigenvalue weighted by Gasteiger charge is 2.41. The molecule has 7 nitrogen and oxygen atoms in total. The summed E-state index contributed by atoms with van der Waals surface area (Å²) < 4.78 is 5.08. The molecular formula is C24H25N3O4S. The van der Waals surface area contributed by atoms with Crippen LogP contribution in [0, 0.1) is 16.0 Å². The molecular weight excluding hydrogens is 426 g/mol. The largest absolute Gasteiger partial charge is 0.490 e. The first-order chi connectivity index (χ1) is 15.5. The third-order valence-corrected chi connectivity index (χ3v) is 6.90. The molecule has 0 bridgehead atoms. The van der Waals surface area contributed by atoms with Gasteiger partial charge in [-0.3, -0.25) is 19.8 Å². The average Bonchev–Trinajstić information content (AvgIpc) is 3.09. The number of ether oxygens (including phenoxy) is 1. The van der Waals surface area contributed by atoms with Crippen molar-refractivity contribution in [1.82, 2.24) is 4.90 Å². The highest BCUT2D eigenvalue weighted by Crippen LogP contribution is 2.40. The number of rotatable bonds is 5. The fourth-order valence-electron chi connectivity index (χ4n) is 4.24. The van der Waals surface area contributed by atoms with Gasteiger partial charge in [0, 0.05) is 12.1 Å². The lowest BCUT2D eigenvalue weighted by atomic mass is 9.85. The summed E-state index contributed by atoms with van der Waals surface area (Å²) in [5, 5.41) is 12.1. The number of benzene rings is 2. The van der Waals surface area contributed by atoms with Crippen molar-refractivity contribution in [2.45, 2.75) is 38.6 Å². The van der Waals surface area contributed by atoms with Crippen LogP contribution >= 0.6 is 11.8 Å². The van der Waals surface area contributed by atoms with E-state index in [-0.39, 0.29) is 23.4 Å². The van der Waals surface area contributed by atoms with Gasteiger partial charge in [0.25, 0.3) is 5.91 Å². The van der Waals surface area contributed by atoms with E-state index in [0.717, 1.165) is 24.9 Å². The minimum absolute atomic E-state index is 0.0955. The molecule has 1 aliphatic heterocycles. The van der Waals surface area contributed by atoms with Crippen LogP contribution < -0.4 is 4.74 Å². The first kappa shape index (κ1) is 22.1. The lowest BCUT2D eigenvalue weighted by Crippen LogP contribution is -2.44. The van der Waals surface area contributed by atoms with E-state index in [4.69, 9.17) is 9.73 Å². The van der Waals surface area contributed by atoms with E-state index < -0.39 is 4.92 Å². The van der Waals surface area contributed by atoms with Crippen LogP contribution in [-0.4, -0.2) is 34.0 Å². The van der Waals surface area contributed by atoms with Crippen LogP contribution in [0.1, 0.15) is 38.2 Å². The van der Waals surface area contributed by atoms with Crippen LogP contribution in [0.4, 0.5) is 11.4 Å². The summed E-state index contributed by atoms with van der Waals surface area (Å²) >= 11 is 1.32. The topological polar surface area (TPSA) is 85.0 Å². The highest BCUT2D eigenvalue weighted by atomic mass is 32.2. The Hall–Kier alpha value is -3.13. The summed E-state index contributed by atoms with van der Waals surface area (Å²) in [4.78, 5) is 31.5. The molecule has 1 heterocycles. The summed E-state index contributed by atoms with van der Waals surface area (Å²) in [5.74, 6) is 0.476. The standard InChI is InChI=1S/C24H25N3O4S/c1-16-8-6-7-11-19(16)26-23(28)22(32-24(26)25-18-9-4-3-5-10-18)15-17-12-13-21(31-2)20(14-17)27(29)30/h3-5,9-10,12-16,19H,6-8,11H2,1-2H3/b22-15-,25-24?/t16-,19+/m1/s1. The Kier molecular flexibility index (Phi) is 6.60. The van der Waals surface area contributed by atoms with Gasteiger partial charge in [-0.05, 0) is 60.4 Å². The molecule has 1 aliphatic carbocycles.